The maximum atomic E-state index is 12.0. The number of nitrogens with zero attached hydrogens (tertiary/aromatic N) is 3. The number of aryl methyl sites for hydroxylation is 2. The van der Waals surface area contributed by atoms with E-state index < -0.39 is 0 Å². The molecule has 2 N–H and O–H groups in total. The largest absolute Gasteiger partial charge is 0.355 e. The lowest BCUT2D eigenvalue weighted by Gasteiger charge is -2.24. The van der Waals surface area contributed by atoms with Crippen molar-refractivity contribution in [3.05, 3.63) is 17.5 Å². The SMILES string of the molecule is CC(=O)NCCNC(=O)CN1CCC[C@@H]1Cn1nc(C)cc1C. The molecule has 2 amide bonds. The fraction of sp³-hybridized carbons (Fsp3) is 0.688. The first kappa shape index (κ1) is 17.5. The summed E-state index contributed by atoms with van der Waals surface area (Å²) < 4.78 is 2.03. The second kappa shape index (κ2) is 8.10. The van der Waals surface area contributed by atoms with E-state index >= 15 is 0 Å². The third-order valence-corrected chi connectivity index (χ3v) is 4.15. The van der Waals surface area contributed by atoms with E-state index in [9.17, 15) is 9.59 Å². The topological polar surface area (TPSA) is 79.3 Å². The van der Waals surface area contributed by atoms with Crippen molar-refractivity contribution in [2.45, 2.75) is 46.2 Å². The van der Waals surface area contributed by atoms with Crippen LogP contribution >= 0.6 is 0 Å². The number of rotatable bonds is 7. The average molecular weight is 321 g/mol. The summed E-state index contributed by atoms with van der Waals surface area (Å²) in [6, 6.07) is 2.43. The second-order valence-corrected chi connectivity index (χ2v) is 6.21. The van der Waals surface area contributed by atoms with Gasteiger partial charge in [-0.05, 0) is 39.3 Å². The fourth-order valence-corrected chi connectivity index (χ4v) is 3.05. The van der Waals surface area contributed by atoms with Crippen LogP contribution in [0.2, 0.25) is 0 Å². The molecular weight excluding hydrogens is 294 g/mol. The predicted molar refractivity (Wildman–Crippen MR) is 88.0 cm³/mol. The minimum absolute atomic E-state index is 0.00983. The highest BCUT2D eigenvalue weighted by Gasteiger charge is 2.27. The fourth-order valence-electron chi connectivity index (χ4n) is 3.05. The quantitative estimate of drug-likeness (QED) is 0.704. The molecule has 7 nitrogen and oxygen atoms in total. The van der Waals surface area contributed by atoms with Gasteiger partial charge >= 0.3 is 0 Å². The summed E-state index contributed by atoms with van der Waals surface area (Å²) in [5, 5.41) is 10.0. The zero-order chi connectivity index (χ0) is 16.8. The van der Waals surface area contributed by atoms with Crippen molar-refractivity contribution in [2.75, 3.05) is 26.2 Å². The Labute approximate surface area is 137 Å². The third kappa shape index (κ3) is 5.35. The molecule has 1 saturated heterocycles. The monoisotopic (exact) mass is 321 g/mol. The zero-order valence-electron chi connectivity index (χ0n) is 14.3. The average Bonchev–Trinajstić information content (AvgIpc) is 3.02. The third-order valence-electron chi connectivity index (χ3n) is 4.15. The lowest BCUT2D eigenvalue weighted by atomic mass is 10.2. The van der Waals surface area contributed by atoms with Crippen molar-refractivity contribution in [2.24, 2.45) is 0 Å². The summed E-state index contributed by atoms with van der Waals surface area (Å²) in [4.78, 5) is 25.0. The molecule has 0 saturated carbocycles. The van der Waals surface area contributed by atoms with Crippen LogP contribution in [0.4, 0.5) is 0 Å². The highest BCUT2D eigenvalue weighted by molar-refractivity contribution is 5.78. The Kier molecular flexibility index (Phi) is 6.15. The highest BCUT2D eigenvalue weighted by Crippen LogP contribution is 2.19. The van der Waals surface area contributed by atoms with Crippen LogP contribution in [-0.4, -0.2) is 58.7 Å². The summed E-state index contributed by atoms with van der Waals surface area (Å²) in [6.45, 7) is 8.65. The van der Waals surface area contributed by atoms with Crippen LogP contribution in [0.1, 0.15) is 31.2 Å². The van der Waals surface area contributed by atoms with E-state index in [-0.39, 0.29) is 11.8 Å². The van der Waals surface area contributed by atoms with Crippen LogP contribution in [0, 0.1) is 13.8 Å². The summed E-state index contributed by atoms with van der Waals surface area (Å²) in [5.41, 5.74) is 2.19. The number of hydrogen-bond donors (Lipinski definition) is 2. The molecule has 1 aromatic rings. The van der Waals surface area contributed by atoms with Crippen LogP contribution in [0.5, 0.6) is 0 Å². The maximum absolute atomic E-state index is 12.0. The van der Waals surface area contributed by atoms with Crippen molar-refractivity contribution in [3.8, 4) is 0 Å². The molecule has 1 aromatic heterocycles. The predicted octanol–water partition coefficient (Wildman–Crippen LogP) is 0.217. The molecule has 0 spiro atoms. The minimum Gasteiger partial charge on any atom is -0.355 e. The van der Waals surface area contributed by atoms with Crippen LogP contribution in [0.25, 0.3) is 0 Å². The normalized spacial score (nSPS) is 18.1. The number of carbonyl (C=O) groups excluding carboxylic acids is 2. The van der Waals surface area contributed by atoms with Crippen molar-refractivity contribution < 1.29 is 9.59 Å². The van der Waals surface area contributed by atoms with E-state index in [1.54, 1.807) is 0 Å². The molecule has 1 atom stereocenters. The lowest BCUT2D eigenvalue weighted by molar-refractivity contribution is -0.123. The molecule has 1 aliphatic rings. The minimum atomic E-state index is -0.0799. The first-order valence-corrected chi connectivity index (χ1v) is 8.22. The van der Waals surface area contributed by atoms with Gasteiger partial charge in [0.2, 0.25) is 11.8 Å². The maximum Gasteiger partial charge on any atom is 0.234 e. The van der Waals surface area contributed by atoms with E-state index in [2.05, 4.69) is 33.6 Å². The Morgan fingerprint density at radius 3 is 2.70 bits per heavy atom. The van der Waals surface area contributed by atoms with Gasteiger partial charge in [0.25, 0.3) is 0 Å². The molecule has 7 heteroatoms. The Balaban J connectivity index is 1.78. The van der Waals surface area contributed by atoms with E-state index in [0.717, 1.165) is 37.3 Å². The van der Waals surface area contributed by atoms with Crippen molar-refractivity contribution in [1.82, 2.24) is 25.3 Å². The number of likely N-dealkylation sites (tertiary alicyclic amines) is 1. The van der Waals surface area contributed by atoms with Crippen LogP contribution in [0.3, 0.4) is 0 Å². The number of amides is 2. The van der Waals surface area contributed by atoms with Gasteiger partial charge in [-0.25, -0.2) is 0 Å². The van der Waals surface area contributed by atoms with E-state index in [4.69, 9.17) is 0 Å². The van der Waals surface area contributed by atoms with Crippen LogP contribution in [0.15, 0.2) is 6.07 Å². The zero-order valence-corrected chi connectivity index (χ0v) is 14.3. The van der Waals surface area contributed by atoms with Crippen LogP contribution in [-0.2, 0) is 16.1 Å². The van der Waals surface area contributed by atoms with Gasteiger partial charge in [-0.1, -0.05) is 0 Å². The lowest BCUT2D eigenvalue weighted by Crippen LogP contribution is -2.43. The Morgan fingerprint density at radius 2 is 2.04 bits per heavy atom. The van der Waals surface area contributed by atoms with Crippen molar-refractivity contribution in [1.29, 1.82) is 0 Å². The van der Waals surface area contributed by atoms with Gasteiger partial charge in [0, 0.05) is 31.7 Å². The molecule has 2 rings (SSSR count). The number of nitrogens with one attached hydrogen (secondary N) is 2. The Bertz CT molecular complexity index is 555. The first-order valence-electron chi connectivity index (χ1n) is 8.22. The molecule has 0 unspecified atom stereocenters. The number of aromatic nitrogens is 2. The van der Waals surface area contributed by atoms with Gasteiger partial charge in [-0.3, -0.25) is 19.2 Å². The molecule has 1 aliphatic heterocycles. The molecule has 0 aromatic carbocycles. The molecule has 1 fully saturated rings. The second-order valence-electron chi connectivity index (χ2n) is 6.21. The van der Waals surface area contributed by atoms with E-state index in [1.165, 1.54) is 6.92 Å². The van der Waals surface area contributed by atoms with Gasteiger partial charge in [0.1, 0.15) is 0 Å². The molecule has 0 bridgehead atoms. The molecule has 0 aliphatic carbocycles. The van der Waals surface area contributed by atoms with Crippen LogP contribution < -0.4 is 10.6 Å². The van der Waals surface area contributed by atoms with Gasteiger partial charge < -0.3 is 10.6 Å². The highest BCUT2D eigenvalue weighted by atomic mass is 16.2. The van der Waals surface area contributed by atoms with Gasteiger partial charge in [-0.2, -0.15) is 5.10 Å². The molecule has 23 heavy (non-hydrogen) atoms. The molecular formula is C16H27N5O2. The Hall–Kier alpha value is -1.89. The molecule has 128 valence electrons. The Morgan fingerprint density at radius 1 is 1.30 bits per heavy atom. The molecule has 0 radical (unpaired) electrons. The molecule has 2 heterocycles. The summed E-state index contributed by atoms with van der Waals surface area (Å²) in [5.74, 6) is -0.0700. The van der Waals surface area contributed by atoms with Gasteiger partial charge in [0.05, 0.1) is 18.8 Å². The summed E-state index contributed by atoms with van der Waals surface area (Å²) in [7, 11) is 0. The standard InChI is InChI=1S/C16H27N5O2/c1-12-9-13(2)21(19-12)10-15-5-4-8-20(15)11-16(23)18-7-6-17-14(3)22/h9,15H,4-8,10-11H2,1-3H3,(H,17,22)(H,18,23)/t15-/m1/s1. The summed E-state index contributed by atoms with van der Waals surface area (Å²) >= 11 is 0. The van der Waals surface area contributed by atoms with E-state index in [0.29, 0.717) is 25.7 Å². The summed E-state index contributed by atoms with van der Waals surface area (Å²) in [6.07, 6.45) is 2.21. The van der Waals surface area contributed by atoms with Gasteiger partial charge in [0.15, 0.2) is 0 Å². The number of hydrogen-bond acceptors (Lipinski definition) is 4. The van der Waals surface area contributed by atoms with Gasteiger partial charge in [-0.15, -0.1) is 0 Å². The van der Waals surface area contributed by atoms with E-state index in [1.807, 2.05) is 11.6 Å². The first-order chi connectivity index (χ1) is 11.0. The number of carbonyl (C=O) groups is 2. The van der Waals surface area contributed by atoms with Crippen molar-refractivity contribution in [3.63, 3.8) is 0 Å². The van der Waals surface area contributed by atoms with Crippen molar-refractivity contribution >= 4 is 11.8 Å². The smallest absolute Gasteiger partial charge is 0.234 e.